The highest BCUT2D eigenvalue weighted by molar-refractivity contribution is 9.10. The van der Waals surface area contributed by atoms with E-state index in [0.717, 1.165) is 30.3 Å². The van der Waals surface area contributed by atoms with Crippen LogP contribution in [0.5, 0.6) is 0 Å². The third kappa shape index (κ3) is 7.31. The van der Waals surface area contributed by atoms with Crippen molar-refractivity contribution in [3.05, 3.63) is 34.3 Å². The van der Waals surface area contributed by atoms with Crippen molar-refractivity contribution in [2.45, 2.75) is 38.7 Å². The van der Waals surface area contributed by atoms with Gasteiger partial charge in [-0.05, 0) is 37.4 Å². The van der Waals surface area contributed by atoms with Crippen LogP contribution in [0.15, 0.2) is 28.7 Å². The van der Waals surface area contributed by atoms with Crippen LogP contribution in [0.1, 0.15) is 25.3 Å². The van der Waals surface area contributed by atoms with E-state index in [0.29, 0.717) is 6.61 Å². The number of nitrogens with one attached hydrogen (secondary N) is 1. The van der Waals surface area contributed by atoms with Gasteiger partial charge in [-0.25, -0.2) is 8.78 Å². The van der Waals surface area contributed by atoms with Crippen LogP contribution in [0.3, 0.4) is 0 Å². The Bertz CT molecular complexity index is 377. The van der Waals surface area contributed by atoms with Crippen LogP contribution in [0.4, 0.5) is 8.78 Å². The summed E-state index contributed by atoms with van der Waals surface area (Å²) in [6, 6.07) is 8.31. The molecular formula is C15H22BrF2NO. The van der Waals surface area contributed by atoms with Gasteiger partial charge >= 0.3 is 0 Å². The fourth-order valence-electron chi connectivity index (χ4n) is 1.95. The lowest BCUT2D eigenvalue weighted by Gasteiger charge is -2.19. The van der Waals surface area contributed by atoms with Gasteiger partial charge in [0.2, 0.25) is 0 Å². The second-order valence-corrected chi connectivity index (χ2v) is 5.56. The molecule has 1 rings (SSSR count). The van der Waals surface area contributed by atoms with E-state index in [1.807, 2.05) is 18.2 Å². The first-order chi connectivity index (χ1) is 9.63. The third-order valence-corrected chi connectivity index (χ3v) is 3.74. The highest BCUT2D eigenvalue weighted by Gasteiger charge is 2.11. The predicted octanol–water partition coefficient (Wildman–Crippen LogP) is 4.03. The number of ether oxygens (including phenoxy) is 1. The summed E-state index contributed by atoms with van der Waals surface area (Å²) in [5, 5.41) is 3.44. The lowest BCUT2D eigenvalue weighted by molar-refractivity contribution is 0.0144. The third-order valence-electron chi connectivity index (χ3n) is 2.96. The lowest BCUT2D eigenvalue weighted by atomic mass is 10.0. The number of alkyl halides is 2. The average molecular weight is 350 g/mol. The Kier molecular flexibility index (Phi) is 8.98. The maximum Gasteiger partial charge on any atom is 0.261 e. The number of rotatable bonds is 10. The highest BCUT2D eigenvalue weighted by Crippen LogP contribution is 2.18. The molecule has 20 heavy (non-hydrogen) atoms. The van der Waals surface area contributed by atoms with Crippen molar-refractivity contribution in [2.75, 3.05) is 19.8 Å². The smallest absolute Gasteiger partial charge is 0.261 e. The standard InChI is InChI=1S/C15H22BrF2NO/c1-2-8-19-13(7-9-20-11-15(17)18)10-12-5-3-4-6-14(12)16/h3-6,13,15,19H,2,7-11H2,1H3. The monoisotopic (exact) mass is 349 g/mol. The maximum absolute atomic E-state index is 12.0. The molecule has 114 valence electrons. The van der Waals surface area contributed by atoms with E-state index in [1.165, 1.54) is 5.56 Å². The molecule has 0 bridgehead atoms. The molecular weight excluding hydrogens is 328 g/mol. The van der Waals surface area contributed by atoms with Crippen LogP contribution < -0.4 is 5.32 Å². The minimum absolute atomic E-state index is 0.242. The minimum Gasteiger partial charge on any atom is -0.375 e. The fourth-order valence-corrected chi connectivity index (χ4v) is 2.40. The molecule has 5 heteroatoms. The molecule has 1 aromatic carbocycles. The van der Waals surface area contributed by atoms with Crippen LogP contribution in [0.2, 0.25) is 0 Å². The molecule has 0 aliphatic heterocycles. The van der Waals surface area contributed by atoms with E-state index in [9.17, 15) is 8.78 Å². The SMILES string of the molecule is CCCNC(CCOCC(F)F)Cc1ccccc1Br. The topological polar surface area (TPSA) is 21.3 Å². The summed E-state index contributed by atoms with van der Waals surface area (Å²) in [6.07, 6.45) is 0.248. The van der Waals surface area contributed by atoms with Gasteiger partial charge in [-0.1, -0.05) is 41.1 Å². The molecule has 1 unspecified atom stereocenters. The van der Waals surface area contributed by atoms with Crippen molar-refractivity contribution in [3.8, 4) is 0 Å². The summed E-state index contributed by atoms with van der Waals surface area (Å²) >= 11 is 3.54. The molecule has 0 fully saturated rings. The van der Waals surface area contributed by atoms with Crippen molar-refractivity contribution in [3.63, 3.8) is 0 Å². The predicted molar refractivity (Wildman–Crippen MR) is 81.4 cm³/mol. The first-order valence-corrected chi connectivity index (χ1v) is 7.75. The maximum atomic E-state index is 12.0. The molecule has 0 aliphatic carbocycles. The summed E-state index contributed by atoms with van der Waals surface area (Å²) in [4.78, 5) is 0. The van der Waals surface area contributed by atoms with Crippen molar-refractivity contribution in [2.24, 2.45) is 0 Å². The summed E-state index contributed by atoms with van der Waals surface area (Å²) in [5.41, 5.74) is 1.22. The van der Waals surface area contributed by atoms with Gasteiger partial charge < -0.3 is 10.1 Å². The largest absolute Gasteiger partial charge is 0.375 e. The van der Waals surface area contributed by atoms with Gasteiger partial charge in [-0.2, -0.15) is 0 Å². The van der Waals surface area contributed by atoms with Crippen molar-refractivity contribution in [1.29, 1.82) is 0 Å². The summed E-state index contributed by atoms with van der Waals surface area (Å²) in [5.74, 6) is 0. The molecule has 0 radical (unpaired) electrons. The van der Waals surface area contributed by atoms with Gasteiger partial charge in [0.1, 0.15) is 6.61 Å². The van der Waals surface area contributed by atoms with E-state index in [-0.39, 0.29) is 6.04 Å². The second kappa shape index (κ2) is 10.2. The molecule has 0 saturated heterocycles. The molecule has 0 saturated carbocycles. The quantitative estimate of drug-likeness (QED) is 0.644. The number of halogens is 3. The molecule has 0 spiro atoms. The second-order valence-electron chi connectivity index (χ2n) is 4.70. The Hall–Kier alpha value is -0.520. The Labute approximate surface area is 128 Å². The van der Waals surface area contributed by atoms with Gasteiger partial charge in [-0.3, -0.25) is 0 Å². The molecule has 1 atom stereocenters. The van der Waals surface area contributed by atoms with Gasteiger partial charge in [0.05, 0.1) is 0 Å². The molecule has 0 aromatic heterocycles. The zero-order chi connectivity index (χ0) is 14.8. The van der Waals surface area contributed by atoms with Crippen LogP contribution >= 0.6 is 15.9 Å². The van der Waals surface area contributed by atoms with Gasteiger partial charge in [0.25, 0.3) is 6.43 Å². The van der Waals surface area contributed by atoms with E-state index >= 15 is 0 Å². The van der Waals surface area contributed by atoms with Crippen LogP contribution in [0, 0.1) is 0 Å². The van der Waals surface area contributed by atoms with Crippen LogP contribution in [-0.4, -0.2) is 32.2 Å². The molecule has 1 N–H and O–H groups in total. The average Bonchev–Trinajstić information content (AvgIpc) is 2.42. The van der Waals surface area contributed by atoms with Gasteiger partial charge in [-0.15, -0.1) is 0 Å². The lowest BCUT2D eigenvalue weighted by Crippen LogP contribution is -2.33. The molecule has 0 aliphatic rings. The number of hydrogen-bond acceptors (Lipinski definition) is 2. The van der Waals surface area contributed by atoms with E-state index < -0.39 is 13.0 Å². The summed E-state index contributed by atoms with van der Waals surface area (Å²) < 4.78 is 30.1. The Morgan fingerprint density at radius 2 is 2.05 bits per heavy atom. The molecule has 0 heterocycles. The first-order valence-electron chi connectivity index (χ1n) is 6.96. The van der Waals surface area contributed by atoms with Crippen molar-refractivity contribution < 1.29 is 13.5 Å². The Morgan fingerprint density at radius 1 is 1.30 bits per heavy atom. The van der Waals surface area contributed by atoms with Gasteiger partial charge in [0.15, 0.2) is 0 Å². The Morgan fingerprint density at radius 3 is 2.70 bits per heavy atom. The van der Waals surface area contributed by atoms with E-state index in [2.05, 4.69) is 34.2 Å². The van der Waals surface area contributed by atoms with E-state index in [4.69, 9.17) is 4.74 Å². The zero-order valence-electron chi connectivity index (χ0n) is 11.7. The summed E-state index contributed by atoms with van der Waals surface area (Å²) in [6.45, 7) is 2.91. The number of benzene rings is 1. The van der Waals surface area contributed by atoms with Crippen molar-refractivity contribution >= 4 is 15.9 Å². The molecule has 2 nitrogen and oxygen atoms in total. The van der Waals surface area contributed by atoms with E-state index in [1.54, 1.807) is 0 Å². The normalized spacial score (nSPS) is 12.8. The Balaban J connectivity index is 2.45. The fraction of sp³-hybridized carbons (Fsp3) is 0.600. The molecule has 1 aromatic rings. The van der Waals surface area contributed by atoms with Gasteiger partial charge in [0, 0.05) is 17.1 Å². The zero-order valence-corrected chi connectivity index (χ0v) is 13.3. The van der Waals surface area contributed by atoms with Crippen LogP contribution in [-0.2, 0) is 11.2 Å². The first kappa shape index (κ1) is 17.5. The number of hydrogen-bond donors (Lipinski definition) is 1. The van der Waals surface area contributed by atoms with Crippen LogP contribution in [0.25, 0.3) is 0 Å². The van der Waals surface area contributed by atoms with Crippen molar-refractivity contribution in [1.82, 2.24) is 5.32 Å². The highest BCUT2D eigenvalue weighted by atomic mass is 79.9. The molecule has 0 amide bonds. The summed E-state index contributed by atoms with van der Waals surface area (Å²) in [7, 11) is 0. The minimum atomic E-state index is -2.39.